The lowest BCUT2D eigenvalue weighted by Crippen LogP contribution is -2.33. The first-order chi connectivity index (χ1) is 10.1. The fourth-order valence-corrected chi connectivity index (χ4v) is 2.24. The Balaban J connectivity index is 1.77. The summed E-state index contributed by atoms with van der Waals surface area (Å²) in [5, 5.41) is 5.60. The summed E-state index contributed by atoms with van der Waals surface area (Å²) >= 11 is 0. The Morgan fingerprint density at radius 2 is 2.05 bits per heavy atom. The van der Waals surface area contributed by atoms with Crippen LogP contribution in [0.4, 0.5) is 14.5 Å². The summed E-state index contributed by atoms with van der Waals surface area (Å²) in [6.45, 7) is 3.60. The number of carbonyl (C=O) groups is 1. The molecule has 2 N–H and O–H groups in total. The molecule has 6 heteroatoms. The predicted molar refractivity (Wildman–Crippen MR) is 76.2 cm³/mol. The van der Waals surface area contributed by atoms with Gasteiger partial charge in [0.1, 0.15) is 11.6 Å². The maximum atomic E-state index is 13.6. The van der Waals surface area contributed by atoms with Crippen LogP contribution >= 0.6 is 0 Å². The van der Waals surface area contributed by atoms with E-state index in [0.717, 1.165) is 38.1 Å². The third-order valence-corrected chi connectivity index (χ3v) is 3.49. The van der Waals surface area contributed by atoms with E-state index in [1.165, 1.54) is 6.92 Å². The van der Waals surface area contributed by atoms with Crippen LogP contribution in [0.5, 0.6) is 0 Å². The number of amides is 1. The molecule has 1 aliphatic heterocycles. The van der Waals surface area contributed by atoms with E-state index in [9.17, 15) is 13.6 Å². The fraction of sp³-hybridized carbons (Fsp3) is 0.533. The first kappa shape index (κ1) is 15.9. The zero-order valence-electron chi connectivity index (χ0n) is 12.0. The van der Waals surface area contributed by atoms with E-state index in [1.54, 1.807) is 0 Å². The van der Waals surface area contributed by atoms with Crippen molar-refractivity contribution >= 4 is 11.6 Å². The molecule has 1 amide bonds. The van der Waals surface area contributed by atoms with Crippen molar-refractivity contribution < 1.29 is 18.3 Å². The van der Waals surface area contributed by atoms with Crippen LogP contribution in [0.25, 0.3) is 0 Å². The number of nitrogens with one attached hydrogen (secondary N) is 2. The zero-order chi connectivity index (χ0) is 15.2. The lowest BCUT2D eigenvalue weighted by atomic mass is 10.1. The van der Waals surface area contributed by atoms with E-state index in [4.69, 9.17) is 4.74 Å². The van der Waals surface area contributed by atoms with Gasteiger partial charge in [0.25, 0.3) is 0 Å². The van der Waals surface area contributed by atoms with E-state index in [2.05, 4.69) is 10.6 Å². The maximum Gasteiger partial charge on any atom is 0.226 e. The molecule has 0 saturated carbocycles. The van der Waals surface area contributed by atoms with Crippen LogP contribution in [0.1, 0.15) is 24.8 Å². The second kappa shape index (κ2) is 7.47. The summed E-state index contributed by atoms with van der Waals surface area (Å²) < 4.78 is 32.5. The molecule has 0 unspecified atom stereocenters. The number of benzene rings is 1. The molecule has 1 fully saturated rings. The van der Waals surface area contributed by atoms with Gasteiger partial charge in [-0.2, -0.15) is 0 Å². The smallest absolute Gasteiger partial charge is 0.226 e. The molecular weight excluding hydrogens is 278 g/mol. The van der Waals surface area contributed by atoms with Crippen molar-refractivity contribution in [1.29, 1.82) is 0 Å². The second-order valence-electron chi connectivity index (χ2n) is 5.20. The van der Waals surface area contributed by atoms with Gasteiger partial charge in [-0.05, 0) is 44.5 Å². The standard InChI is InChI=1S/C15H20F2N2O2/c1-10-8-13(17)14(9-12(10)16)19-15(20)4-7-21-11-2-5-18-6-3-11/h8-9,11,18H,2-7H2,1H3,(H,19,20). The Kier molecular flexibility index (Phi) is 5.64. The molecular formula is C15H20F2N2O2. The van der Waals surface area contributed by atoms with Gasteiger partial charge < -0.3 is 15.4 Å². The molecule has 0 bridgehead atoms. The summed E-state index contributed by atoms with van der Waals surface area (Å²) in [5.41, 5.74) is 0.0738. The van der Waals surface area contributed by atoms with Gasteiger partial charge in [-0.3, -0.25) is 4.79 Å². The number of carbonyl (C=O) groups excluding carboxylic acids is 1. The van der Waals surface area contributed by atoms with Crippen molar-refractivity contribution in [1.82, 2.24) is 5.32 Å². The number of ether oxygens (including phenoxy) is 1. The third-order valence-electron chi connectivity index (χ3n) is 3.49. The van der Waals surface area contributed by atoms with Crippen molar-refractivity contribution in [2.45, 2.75) is 32.3 Å². The number of rotatable bonds is 5. The Hall–Kier alpha value is -1.53. The van der Waals surface area contributed by atoms with Gasteiger partial charge in [0.15, 0.2) is 0 Å². The van der Waals surface area contributed by atoms with Gasteiger partial charge in [0, 0.05) is 6.07 Å². The maximum absolute atomic E-state index is 13.6. The highest BCUT2D eigenvalue weighted by atomic mass is 19.1. The van der Waals surface area contributed by atoms with Gasteiger partial charge >= 0.3 is 0 Å². The molecule has 1 aromatic carbocycles. The fourth-order valence-electron chi connectivity index (χ4n) is 2.24. The van der Waals surface area contributed by atoms with Crippen LogP contribution in [-0.2, 0) is 9.53 Å². The van der Waals surface area contributed by atoms with Gasteiger partial charge in [-0.25, -0.2) is 8.78 Å². The van der Waals surface area contributed by atoms with Crippen LogP contribution in [-0.4, -0.2) is 31.7 Å². The molecule has 1 aromatic rings. The van der Waals surface area contributed by atoms with E-state index in [-0.39, 0.29) is 36.3 Å². The number of anilines is 1. The Bertz CT molecular complexity index is 503. The molecule has 1 aliphatic rings. The minimum atomic E-state index is -0.637. The highest BCUT2D eigenvalue weighted by molar-refractivity contribution is 5.90. The summed E-state index contributed by atoms with van der Waals surface area (Å²) in [7, 11) is 0. The molecule has 0 radical (unpaired) electrons. The van der Waals surface area contributed by atoms with Crippen LogP contribution in [0.2, 0.25) is 0 Å². The Labute approximate surface area is 122 Å². The normalized spacial score (nSPS) is 16.0. The van der Waals surface area contributed by atoms with E-state index in [0.29, 0.717) is 0 Å². The van der Waals surface area contributed by atoms with Crippen molar-refractivity contribution in [2.75, 3.05) is 25.0 Å². The molecule has 2 rings (SSSR count). The molecule has 0 aliphatic carbocycles. The lowest BCUT2D eigenvalue weighted by molar-refractivity contribution is -0.117. The predicted octanol–water partition coefficient (Wildman–Crippen LogP) is 2.37. The van der Waals surface area contributed by atoms with Gasteiger partial charge in [-0.1, -0.05) is 0 Å². The second-order valence-corrected chi connectivity index (χ2v) is 5.20. The first-order valence-electron chi connectivity index (χ1n) is 7.14. The van der Waals surface area contributed by atoms with Gasteiger partial charge in [-0.15, -0.1) is 0 Å². The van der Waals surface area contributed by atoms with E-state index in [1.807, 2.05) is 0 Å². The number of aryl methyl sites for hydroxylation is 1. The van der Waals surface area contributed by atoms with E-state index < -0.39 is 11.6 Å². The average Bonchev–Trinajstić information content (AvgIpc) is 2.46. The van der Waals surface area contributed by atoms with E-state index >= 15 is 0 Å². The molecule has 4 nitrogen and oxygen atoms in total. The van der Waals surface area contributed by atoms with Crippen molar-refractivity contribution in [3.05, 3.63) is 29.3 Å². The van der Waals surface area contributed by atoms with Crippen LogP contribution < -0.4 is 10.6 Å². The molecule has 116 valence electrons. The summed E-state index contributed by atoms with van der Waals surface area (Å²) in [5.74, 6) is -1.56. The quantitative estimate of drug-likeness (QED) is 0.877. The Morgan fingerprint density at radius 1 is 1.33 bits per heavy atom. The summed E-state index contributed by atoms with van der Waals surface area (Å²) in [6.07, 6.45) is 2.16. The van der Waals surface area contributed by atoms with Crippen molar-refractivity contribution in [3.63, 3.8) is 0 Å². The SMILES string of the molecule is Cc1cc(F)c(NC(=O)CCOC2CCNCC2)cc1F. The lowest BCUT2D eigenvalue weighted by Gasteiger charge is -2.22. The molecule has 0 aromatic heterocycles. The van der Waals surface area contributed by atoms with Crippen LogP contribution in [0.3, 0.4) is 0 Å². The average molecular weight is 298 g/mol. The van der Waals surface area contributed by atoms with Crippen LogP contribution in [0.15, 0.2) is 12.1 Å². The summed E-state index contributed by atoms with van der Waals surface area (Å²) in [4.78, 5) is 11.7. The molecule has 1 saturated heterocycles. The number of piperidine rings is 1. The molecule has 21 heavy (non-hydrogen) atoms. The first-order valence-corrected chi connectivity index (χ1v) is 7.14. The van der Waals surface area contributed by atoms with Crippen molar-refractivity contribution in [2.24, 2.45) is 0 Å². The zero-order valence-corrected chi connectivity index (χ0v) is 12.0. The highest BCUT2D eigenvalue weighted by Crippen LogP contribution is 2.19. The number of hydrogen-bond acceptors (Lipinski definition) is 3. The van der Waals surface area contributed by atoms with Gasteiger partial charge in [0.05, 0.1) is 24.8 Å². The van der Waals surface area contributed by atoms with Gasteiger partial charge in [0.2, 0.25) is 5.91 Å². The molecule has 0 atom stereocenters. The van der Waals surface area contributed by atoms with Crippen molar-refractivity contribution in [3.8, 4) is 0 Å². The number of halogens is 2. The minimum Gasteiger partial charge on any atom is -0.378 e. The molecule has 1 heterocycles. The highest BCUT2D eigenvalue weighted by Gasteiger charge is 2.14. The van der Waals surface area contributed by atoms with Crippen LogP contribution in [0, 0.1) is 18.6 Å². The number of hydrogen-bond donors (Lipinski definition) is 2. The minimum absolute atomic E-state index is 0.124. The molecule has 0 spiro atoms. The third kappa shape index (κ3) is 4.75. The monoisotopic (exact) mass is 298 g/mol. The summed E-state index contributed by atoms with van der Waals surface area (Å²) in [6, 6.07) is 2.06. The largest absolute Gasteiger partial charge is 0.378 e. The topological polar surface area (TPSA) is 50.4 Å². The Morgan fingerprint density at radius 3 is 2.76 bits per heavy atom.